The van der Waals surface area contributed by atoms with Crippen LogP contribution in [0.15, 0.2) is 24.5 Å². The molecule has 0 saturated heterocycles. The Hall–Kier alpha value is -1.51. The molecule has 8 heteroatoms. The maximum Gasteiger partial charge on any atom is 0.235 e. The summed E-state index contributed by atoms with van der Waals surface area (Å²) in [5.74, 6) is -0.328. The summed E-state index contributed by atoms with van der Waals surface area (Å²) < 4.78 is 29.5. The van der Waals surface area contributed by atoms with Gasteiger partial charge < -0.3 is 10.1 Å². The van der Waals surface area contributed by atoms with Crippen LogP contribution in [0.2, 0.25) is 0 Å². The van der Waals surface area contributed by atoms with Gasteiger partial charge in [0, 0.05) is 39.2 Å². The first-order valence-electron chi connectivity index (χ1n) is 6.53. The third kappa shape index (κ3) is 7.16. The normalized spacial score (nSPS) is 11.6. The number of nitrogens with zero attached hydrogens (tertiary/aromatic N) is 2. The van der Waals surface area contributed by atoms with Gasteiger partial charge in [0.05, 0.1) is 12.8 Å². The van der Waals surface area contributed by atoms with E-state index in [1.165, 1.54) is 0 Å². The quantitative estimate of drug-likeness (QED) is 0.648. The fraction of sp³-hybridized carbons (Fsp3) is 0.538. The molecule has 0 atom stereocenters. The Balaban J connectivity index is 2.57. The molecule has 0 unspecified atom stereocenters. The minimum atomic E-state index is -3.47. The largest absolute Gasteiger partial charge is 0.385 e. The Bertz CT molecular complexity index is 534. The molecule has 1 N–H and O–H groups in total. The van der Waals surface area contributed by atoms with E-state index in [0.29, 0.717) is 19.6 Å². The molecule has 7 nitrogen and oxygen atoms in total. The van der Waals surface area contributed by atoms with E-state index in [9.17, 15) is 13.2 Å². The van der Waals surface area contributed by atoms with Crippen molar-refractivity contribution < 1.29 is 17.9 Å². The van der Waals surface area contributed by atoms with Crippen LogP contribution in [0.3, 0.4) is 0 Å². The van der Waals surface area contributed by atoms with Crippen LogP contribution in [0, 0.1) is 0 Å². The maximum absolute atomic E-state index is 11.8. The Labute approximate surface area is 125 Å². The number of rotatable bonds is 9. The predicted octanol–water partition coefficient (Wildman–Crippen LogP) is -0.00410. The molecule has 0 saturated carbocycles. The first kappa shape index (κ1) is 17.5. The van der Waals surface area contributed by atoms with Crippen molar-refractivity contribution in [3.05, 3.63) is 30.1 Å². The smallest absolute Gasteiger partial charge is 0.235 e. The van der Waals surface area contributed by atoms with Crippen molar-refractivity contribution in [3.8, 4) is 0 Å². The minimum absolute atomic E-state index is 0.146. The lowest BCUT2D eigenvalue weighted by atomic mass is 10.3. The molecule has 21 heavy (non-hydrogen) atoms. The van der Waals surface area contributed by atoms with E-state index in [1.807, 2.05) is 0 Å². The number of hydrogen-bond donors (Lipinski definition) is 1. The summed E-state index contributed by atoms with van der Waals surface area (Å²) in [6.45, 7) is 0.952. The Morgan fingerprint density at radius 1 is 1.38 bits per heavy atom. The van der Waals surface area contributed by atoms with E-state index in [2.05, 4.69) is 10.3 Å². The number of hydrogen-bond acceptors (Lipinski definition) is 5. The average Bonchev–Trinajstić information content (AvgIpc) is 2.43. The van der Waals surface area contributed by atoms with Gasteiger partial charge in [-0.15, -0.1) is 0 Å². The molecule has 0 bridgehead atoms. The van der Waals surface area contributed by atoms with E-state index < -0.39 is 10.0 Å². The van der Waals surface area contributed by atoms with Crippen LogP contribution in [-0.2, 0) is 26.1 Å². The SMILES string of the molecule is COCCCNC(=O)CN(Cc1ccncc1)S(C)(=O)=O. The van der Waals surface area contributed by atoms with E-state index >= 15 is 0 Å². The van der Waals surface area contributed by atoms with Gasteiger partial charge in [-0.05, 0) is 24.1 Å². The molecule has 1 aromatic rings. The summed E-state index contributed by atoms with van der Waals surface area (Å²) in [5, 5.41) is 2.67. The number of carbonyl (C=O) groups excluding carboxylic acids is 1. The molecule has 1 rings (SSSR count). The van der Waals surface area contributed by atoms with Gasteiger partial charge in [0.1, 0.15) is 0 Å². The lowest BCUT2D eigenvalue weighted by Crippen LogP contribution is -2.40. The summed E-state index contributed by atoms with van der Waals surface area (Å²) >= 11 is 0. The molecule has 0 aromatic carbocycles. The van der Waals surface area contributed by atoms with Gasteiger partial charge in [-0.25, -0.2) is 8.42 Å². The zero-order chi connectivity index (χ0) is 15.7. The van der Waals surface area contributed by atoms with Crippen LogP contribution in [0.25, 0.3) is 0 Å². The van der Waals surface area contributed by atoms with E-state index in [1.54, 1.807) is 31.6 Å². The Kier molecular flexibility index (Phi) is 7.27. The van der Waals surface area contributed by atoms with Gasteiger partial charge in [0.15, 0.2) is 0 Å². The second kappa shape index (κ2) is 8.71. The highest BCUT2D eigenvalue weighted by molar-refractivity contribution is 7.88. The zero-order valence-corrected chi connectivity index (χ0v) is 13.1. The highest BCUT2D eigenvalue weighted by atomic mass is 32.2. The van der Waals surface area contributed by atoms with Crippen molar-refractivity contribution in [1.82, 2.24) is 14.6 Å². The second-order valence-corrected chi connectivity index (χ2v) is 6.57. The summed E-state index contributed by atoms with van der Waals surface area (Å²) in [6, 6.07) is 3.43. The fourth-order valence-electron chi connectivity index (χ4n) is 1.64. The van der Waals surface area contributed by atoms with Crippen LogP contribution < -0.4 is 5.32 Å². The molecular formula is C13H21N3O4S. The minimum Gasteiger partial charge on any atom is -0.385 e. The zero-order valence-electron chi connectivity index (χ0n) is 12.3. The first-order valence-corrected chi connectivity index (χ1v) is 8.38. The van der Waals surface area contributed by atoms with Crippen LogP contribution in [0.1, 0.15) is 12.0 Å². The van der Waals surface area contributed by atoms with Crippen molar-refractivity contribution in [1.29, 1.82) is 0 Å². The summed E-state index contributed by atoms with van der Waals surface area (Å²) in [7, 11) is -1.88. The average molecular weight is 315 g/mol. The number of pyridine rings is 1. The van der Waals surface area contributed by atoms with Crippen LogP contribution in [0.4, 0.5) is 0 Å². The van der Waals surface area contributed by atoms with Crippen molar-refractivity contribution in [2.24, 2.45) is 0 Å². The Morgan fingerprint density at radius 2 is 2.05 bits per heavy atom. The van der Waals surface area contributed by atoms with Gasteiger partial charge in [-0.3, -0.25) is 9.78 Å². The third-order valence-electron chi connectivity index (χ3n) is 2.74. The lowest BCUT2D eigenvalue weighted by molar-refractivity contribution is -0.121. The monoisotopic (exact) mass is 315 g/mol. The van der Waals surface area contributed by atoms with Crippen LogP contribution >= 0.6 is 0 Å². The fourth-order valence-corrected chi connectivity index (χ4v) is 2.38. The van der Waals surface area contributed by atoms with Gasteiger partial charge in [-0.2, -0.15) is 4.31 Å². The van der Waals surface area contributed by atoms with Crippen molar-refractivity contribution >= 4 is 15.9 Å². The number of amides is 1. The standard InChI is InChI=1S/C13H21N3O4S/c1-20-9-3-6-15-13(17)11-16(21(2,18)19)10-12-4-7-14-8-5-12/h4-5,7-8H,3,6,9-11H2,1-2H3,(H,15,17). The second-order valence-electron chi connectivity index (χ2n) is 4.58. The molecule has 1 amide bonds. The molecule has 0 fully saturated rings. The Morgan fingerprint density at radius 3 is 2.62 bits per heavy atom. The third-order valence-corrected chi connectivity index (χ3v) is 3.94. The van der Waals surface area contributed by atoms with Gasteiger partial charge >= 0.3 is 0 Å². The topological polar surface area (TPSA) is 88.6 Å². The van der Waals surface area contributed by atoms with Crippen LogP contribution in [-0.4, -0.2) is 56.7 Å². The highest BCUT2D eigenvalue weighted by Gasteiger charge is 2.20. The number of aromatic nitrogens is 1. The summed E-state index contributed by atoms with van der Waals surface area (Å²) in [4.78, 5) is 15.7. The molecular weight excluding hydrogens is 294 g/mol. The number of carbonyl (C=O) groups is 1. The molecule has 118 valence electrons. The maximum atomic E-state index is 11.8. The van der Waals surface area contributed by atoms with Gasteiger partial charge in [0.2, 0.25) is 15.9 Å². The van der Waals surface area contributed by atoms with Gasteiger partial charge in [0.25, 0.3) is 0 Å². The lowest BCUT2D eigenvalue weighted by Gasteiger charge is -2.19. The predicted molar refractivity (Wildman–Crippen MR) is 79.0 cm³/mol. The highest BCUT2D eigenvalue weighted by Crippen LogP contribution is 2.07. The molecule has 0 aliphatic carbocycles. The van der Waals surface area contributed by atoms with E-state index in [4.69, 9.17) is 4.74 Å². The number of methoxy groups -OCH3 is 1. The van der Waals surface area contributed by atoms with Crippen molar-refractivity contribution in [2.45, 2.75) is 13.0 Å². The molecule has 1 heterocycles. The molecule has 0 spiro atoms. The molecule has 0 radical (unpaired) electrons. The first-order chi connectivity index (χ1) is 9.93. The van der Waals surface area contributed by atoms with E-state index in [0.717, 1.165) is 16.1 Å². The van der Waals surface area contributed by atoms with Crippen molar-refractivity contribution in [3.63, 3.8) is 0 Å². The summed E-state index contributed by atoms with van der Waals surface area (Å²) in [6.07, 6.45) is 4.94. The molecule has 0 aliphatic heterocycles. The van der Waals surface area contributed by atoms with E-state index in [-0.39, 0.29) is 19.0 Å². The summed E-state index contributed by atoms with van der Waals surface area (Å²) in [5.41, 5.74) is 0.780. The number of nitrogens with one attached hydrogen (secondary N) is 1. The van der Waals surface area contributed by atoms with Crippen molar-refractivity contribution in [2.75, 3.05) is 33.1 Å². The van der Waals surface area contributed by atoms with Gasteiger partial charge in [-0.1, -0.05) is 0 Å². The molecule has 1 aromatic heterocycles. The number of ether oxygens (including phenoxy) is 1. The molecule has 0 aliphatic rings. The number of sulfonamides is 1. The van der Waals surface area contributed by atoms with Crippen LogP contribution in [0.5, 0.6) is 0 Å².